The number of benzene rings is 1. The first kappa shape index (κ1) is 19.0. The molecule has 2 atom stereocenters. The molecule has 0 bridgehead atoms. The van der Waals surface area contributed by atoms with E-state index >= 15 is 0 Å². The Labute approximate surface area is 166 Å². The summed E-state index contributed by atoms with van der Waals surface area (Å²) < 4.78 is 11.0. The SMILES string of the molecule is Cc1noc(C)c1COc1ccc(CC(=O)N2CC[C@@H]3CNC[C@@H]3CC2)cc1. The average Bonchev–Trinajstić information content (AvgIpc) is 3.21. The van der Waals surface area contributed by atoms with E-state index in [0.717, 1.165) is 79.2 Å². The highest BCUT2D eigenvalue weighted by atomic mass is 16.5. The van der Waals surface area contributed by atoms with Crippen molar-refractivity contribution >= 4 is 5.91 Å². The van der Waals surface area contributed by atoms with Gasteiger partial charge in [0, 0.05) is 13.1 Å². The number of aryl methyl sites for hydroxylation is 2. The van der Waals surface area contributed by atoms with Crippen LogP contribution in [0.2, 0.25) is 0 Å². The molecule has 6 nitrogen and oxygen atoms in total. The van der Waals surface area contributed by atoms with Gasteiger partial charge in [0.25, 0.3) is 0 Å². The molecule has 0 saturated carbocycles. The second-order valence-electron chi connectivity index (χ2n) is 8.05. The van der Waals surface area contributed by atoms with Crippen LogP contribution in [0.25, 0.3) is 0 Å². The number of rotatable bonds is 5. The van der Waals surface area contributed by atoms with Crippen LogP contribution in [-0.4, -0.2) is 42.1 Å². The number of nitrogens with one attached hydrogen (secondary N) is 1. The number of hydrogen-bond acceptors (Lipinski definition) is 5. The first-order valence-electron chi connectivity index (χ1n) is 10.2. The summed E-state index contributed by atoms with van der Waals surface area (Å²) in [7, 11) is 0. The largest absolute Gasteiger partial charge is 0.489 e. The third kappa shape index (κ3) is 4.22. The lowest BCUT2D eigenvalue weighted by atomic mass is 9.92. The molecule has 3 heterocycles. The Hall–Kier alpha value is -2.34. The Morgan fingerprint density at radius 2 is 1.86 bits per heavy atom. The average molecular weight is 383 g/mol. The van der Waals surface area contributed by atoms with Gasteiger partial charge in [0.05, 0.1) is 17.7 Å². The molecule has 2 fully saturated rings. The van der Waals surface area contributed by atoms with Crippen molar-refractivity contribution in [1.82, 2.24) is 15.4 Å². The third-order valence-corrected chi connectivity index (χ3v) is 6.22. The predicted molar refractivity (Wildman–Crippen MR) is 106 cm³/mol. The number of hydrogen-bond donors (Lipinski definition) is 1. The first-order valence-corrected chi connectivity index (χ1v) is 10.2. The molecular weight excluding hydrogens is 354 g/mol. The quantitative estimate of drug-likeness (QED) is 0.860. The minimum atomic E-state index is 0.234. The maximum Gasteiger partial charge on any atom is 0.226 e. The fourth-order valence-corrected chi connectivity index (χ4v) is 4.32. The van der Waals surface area contributed by atoms with Crippen molar-refractivity contribution in [1.29, 1.82) is 0 Å². The minimum Gasteiger partial charge on any atom is -0.489 e. The van der Waals surface area contributed by atoms with Gasteiger partial charge in [-0.25, -0.2) is 0 Å². The molecule has 0 unspecified atom stereocenters. The zero-order valence-corrected chi connectivity index (χ0v) is 16.7. The molecule has 2 saturated heterocycles. The van der Waals surface area contributed by atoms with Gasteiger partial charge in [-0.2, -0.15) is 0 Å². The van der Waals surface area contributed by atoms with Crippen molar-refractivity contribution in [3.8, 4) is 5.75 Å². The van der Waals surface area contributed by atoms with Gasteiger partial charge >= 0.3 is 0 Å². The Kier molecular flexibility index (Phi) is 5.67. The van der Waals surface area contributed by atoms with Crippen molar-refractivity contribution in [2.45, 2.75) is 39.7 Å². The third-order valence-electron chi connectivity index (χ3n) is 6.22. The minimum absolute atomic E-state index is 0.234. The molecule has 6 heteroatoms. The van der Waals surface area contributed by atoms with Crippen LogP contribution < -0.4 is 10.1 Å². The molecular formula is C22H29N3O3. The molecule has 1 aromatic heterocycles. The van der Waals surface area contributed by atoms with Crippen LogP contribution in [0.1, 0.15) is 35.4 Å². The Morgan fingerprint density at radius 3 is 2.46 bits per heavy atom. The van der Waals surface area contributed by atoms with Crippen LogP contribution in [0.5, 0.6) is 5.75 Å². The lowest BCUT2D eigenvalue weighted by molar-refractivity contribution is -0.130. The van der Waals surface area contributed by atoms with Crippen LogP contribution in [0.15, 0.2) is 28.8 Å². The highest BCUT2D eigenvalue weighted by Crippen LogP contribution is 2.27. The highest BCUT2D eigenvalue weighted by molar-refractivity contribution is 5.78. The zero-order valence-electron chi connectivity index (χ0n) is 16.7. The molecule has 4 rings (SSSR count). The molecule has 28 heavy (non-hydrogen) atoms. The monoisotopic (exact) mass is 383 g/mol. The normalized spacial score (nSPS) is 22.0. The first-order chi connectivity index (χ1) is 13.6. The van der Waals surface area contributed by atoms with E-state index < -0.39 is 0 Å². The number of fused-ring (bicyclic) bond motifs is 1. The summed E-state index contributed by atoms with van der Waals surface area (Å²) in [6, 6.07) is 7.83. The van der Waals surface area contributed by atoms with E-state index in [2.05, 4.69) is 15.4 Å². The highest BCUT2D eigenvalue weighted by Gasteiger charge is 2.31. The molecule has 2 aliphatic rings. The summed E-state index contributed by atoms with van der Waals surface area (Å²) in [5, 5.41) is 7.43. The molecule has 2 aromatic rings. The second-order valence-corrected chi connectivity index (χ2v) is 8.05. The lowest BCUT2D eigenvalue weighted by Gasteiger charge is -2.21. The van der Waals surface area contributed by atoms with Crippen LogP contribution in [0.3, 0.4) is 0 Å². The van der Waals surface area contributed by atoms with Gasteiger partial charge in [-0.1, -0.05) is 17.3 Å². The van der Waals surface area contributed by atoms with Crippen LogP contribution >= 0.6 is 0 Å². The molecule has 1 aromatic carbocycles. The number of nitrogens with zero attached hydrogens (tertiary/aromatic N) is 2. The Bertz CT molecular complexity index is 781. The van der Waals surface area contributed by atoms with Gasteiger partial charge in [-0.15, -0.1) is 0 Å². The van der Waals surface area contributed by atoms with E-state index in [0.29, 0.717) is 13.0 Å². The van der Waals surface area contributed by atoms with Gasteiger partial charge in [0.15, 0.2) is 0 Å². The molecule has 150 valence electrons. The van der Waals surface area contributed by atoms with Crippen LogP contribution in [-0.2, 0) is 17.8 Å². The van der Waals surface area contributed by atoms with Gasteiger partial charge in [-0.3, -0.25) is 4.79 Å². The van der Waals surface area contributed by atoms with Crippen molar-refractivity contribution in [3.05, 3.63) is 46.8 Å². The number of carbonyl (C=O) groups is 1. The van der Waals surface area contributed by atoms with Gasteiger partial charge in [-0.05, 0) is 69.3 Å². The van der Waals surface area contributed by atoms with E-state index in [1.54, 1.807) is 0 Å². The van der Waals surface area contributed by atoms with Gasteiger partial charge in [0.1, 0.15) is 18.1 Å². The van der Waals surface area contributed by atoms with E-state index in [4.69, 9.17) is 9.26 Å². The number of carbonyl (C=O) groups excluding carboxylic acids is 1. The number of amides is 1. The molecule has 1 N–H and O–H groups in total. The predicted octanol–water partition coefficient (Wildman–Crippen LogP) is 2.87. The van der Waals surface area contributed by atoms with Crippen molar-refractivity contribution in [2.24, 2.45) is 11.8 Å². The maximum absolute atomic E-state index is 12.7. The standard InChI is InChI=1S/C22H29N3O3/c1-15-21(16(2)28-24-15)14-27-20-5-3-17(4-6-20)11-22(26)25-9-7-18-12-23-13-19(18)8-10-25/h3-6,18-19,23H,7-14H2,1-2H3/t18-,19+. The summed E-state index contributed by atoms with van der Waals surface area (Å²) >= 11 is 0. The molecule has 0 aliphatic carbocycles. The van der Waals surface area contributed by atoms with E-state index in [9.17, 15) is 4.79 Å². The number of aromatic nitrogens is 1. The number of ether oxygens (including phenoxy) is 1. The molecule has 0 spiro atoms. The summed E-state index contributed by atoms with van der Waals surface area (Å²) in [4.78, 5) is 14.8. The van der Waals surface area contributed by atoms with E-state index in [1.165, 1.54) is 0 Å². The molecule has 0 radical (unpaired) electrons. The summed E-state index contributed by atoms with van der Waals surface area (Å²) in [6.07, 6.45) is 2.70. The van der Waals surface area contributed by atoms with Crippen LogP contribution in [0, 0.1) is 25.7 Å². The van der Waals surface area contributed by atoms with Crippen molar-refractivity contribution in [2.75, 3.05) is 26.2 Å². The molecule has 1 amide bonds. The van der Waals surface area contributed by atoms with Gasteiger partial charge < -0.3 is 19.5 Å². The fraction of sp³-hybridized carbons (Fsp3) is 0.545. The lowest BCUT2D eigenvalue weighted by Crippen LogP contribution is -2.33. The molecule has 2 aliphatic heterocycles. The second kappa shape index (κ2) is 8.35. The maximum atomic E-state index is 12.7. The van der Waals surface area contributed by atoms with Crippen LogP contribution in [0.4, 0.5) is 0 Å². The van der Waals surface area contributed by atoms with Crippen molar-refractivity contribution in [3.63, 3.8) is 0 Å². The number of likely N-dealkylation sites (tertiary alicyclic amines) is 1. The Balaban J connectivity index is 1.29. The summed E-state index contributed by atoms with van der Waals surface area (Å²) in [6.45, 7) is 8.24. The van der Waals surface area contributed by atoms with E-state index in [-0.39, 0.29) is 5.91 Å². The zero-order chi connectivity index (χ0) is 19.5. The van der Waals surface area contributed by atoms with Gasteiger partial charge in [0.2, 0.25) is 5.91 Å². The van der Waals surface area contributed by atoms with Crippen molar-refractivity contribution < 1.29 is 14.1 Å². The smallest absolute Gasteiger partial charge is 0.226 e. The summed E-state index contributed by atoms with van der Waals surface area (Å²) in [5.74, 6) is 3.29. The Morgan fingerprint density at radius 1 is 1.18 bits per heavy atom. The fourth-order valence-electron chi connectivity index (χ4n) is 4.32. The van der Waals surface area contributed by atoms with E-state index in [1.807, 2.05) is 38.1 Å². The summed E-state index contributed by atoms with van der Waals surface area (Å²) in [5.41, 5.74) is 2.87. The topological polar surface area (TPSA) is 67.6 Å².